The van der Waals surface area contributed by atoms with Crippen molar-refractivity contribution < 1.29 is 5.11 Å². The molecule has 2 atom stereocenters. The molecule has 0 spiro atoms. The maximum atomic E-state index is 9.82. The highest BCUT2D eigenvalue weighted by molar-refractivity contribution is 6.42. The molecule has 1 aliphatic rings. The average Bonchev–Trinajstić information content (AvgIpc) is 2.48. The van der Waals surface area contributed by atoms with E-state index in [1.165, 1.54) is 18.4 Å². The molecule has 0 aromatic heterocycles. The molecular formula is C16H23Cl2NO. The van der Waals surface area contributed by atoms with E-state index in [1.54, 1.807) is 0 Å². The lowest BCUT2D eigenvalue weighted by Crippen LogP contribution is -2.47. The van der Waals surface area contributed by atoms with Gasteiger partial charge in [0.15, 0.2) is 0 Å². The fourth-order valence-corrected chi connectivity index (χ4v) is 3.74. The Bertz CT molecular complexity index is 452. The van der Waals surface area contributed by atoms with Crippen LogP contribution in [0.1, 0.15) is 38.2 Å². The zero-order chi connectivity index (χ0) is 14.6. The molecule has 1 aromatic carbocycles. The number of hydrogen-bond donors (Lipinski definition) is 2. The summed E-state index contributed by atoms with van der Waals surface area (Å²) in [5.41, 5.74) is 1.17. The van der Waals surface area contributed by atoms with Gasteiger partial charge in [-0.15, -0.1) is 0 Å². The van der Waals surface area contributed by atoms with Crippen molar-refractivity contribution in [2.75, 3.05) is 19.7 Å². The fourth-order valence-electron chi connectivity index (χ4n) is 3.45. The third kappa shape index (κ3) is 3.14. The number of benzene rings is 1. The van der Waals surface area contributed by atoms with Crippen LogP contribution in [-0.2, 0) is 5.41 Å². The number of rotatable bonds is 5. The third-order valence-electron chi connectivity index (χ3n) is 4.61. The van der Waals surface area contributed by atoms with Gasteiger partial charge in [-0.3, -0.25) is 0 Å². The Morgan fingerprint density at radius 3 is 2.75 bits per heavy atom. The maximum Gasteiger partial charge on any atom is 0.0595 e. The van der Waals surface area contributed by atoms with Gasteiger partial charge in [0.25, 0.3) is 0 Å². The summed E-state index contributed by atoms with van der Waals surface area (Å²) in [7, 11) is 0. The van der Waals surface area contributed by atoms with Gasteiger partial charge in [0.05, 0.1) is 10.0 Å². The van der Waals surface area contributed by atoms with Crippen LogP contribution in [0.4, 0.5) is 0 Å². The van der Waals surface area contributed by atoms with Crippen molar-refractivity contribution in [1.29, 1.82) is 0 Å². The first-order valence-electron chi connectivity index (χ1n) is 7.41. The molecule has 2 nitrogen and oxygen atoms in total. The van der Waals surface area contributed by atoms with Gasteiger partial charge in [-0.25, -0.2) is 0 Å². The molecule has 0 amide bonds. The van der Waals surface area contributed by atoms with E-state index in [1.807, 2.05) is 12.1 Å². The summed E-state index contributed by atoms with van der Waals surface area (Å²) in [4.78, 5) is 0. The van der Waals surface area contributed by atoms with Crippen molar-refractivity contribution in [3.63, 3.8) is 0 Å². The minimum Gasteiger partial charge on any atom is -0.396 e. The summed E-state index contributed by atoms with van der Waals surface area (Å²) >= 11 is 12.2. The number of hydrogen-bond acceptors (Lipinski definition) is 2. The summed E-state index contributed by atoms with van der Waals surface area (Å²) in [6, 6.07) is 5.92. The topological polar surface area (TPSA) is 32.3 Å². The van der Waals surface area contributed by atoms with Crippen LogP contribution in [0.25, 0.3) is 0 Å². The Morgan fingerprint density at radius 2 is 2.10 bits per heavy atom. The molecule has 1 aliphatic carbocycles. The third-order valence-corrected chi connectivity index (χ3v) is 5.35. The Kier molecular flexibility index (Phi) is 5.74. The Morgan fingerprint density at radius 1 is 1.30 bits per heavy atom. The van der Waals surface area contributed by atoms with Crippen LogP contribution < -0.4 is 5.32 Å². The smallest absolute Gasteiger partial charge is 0.0595 e. The molecule has 0 aliphatic heterocycles. The number of aliphatic hydroxyl groups excluding tert-OH is 1. The molecule has 0 bridgehead atoms. The maximum absolute atomic E-state index is 9.82. The van der Waals surface area contributed by atoms with Gasteiger partial charge in [0, 0.05) is 18.6 Å². The SMILES string of the molecule is CCNC[C@@]1(c2ccc(Cl)c(Cl)c2)CCCC[C@H]1CO. The molecule has 112 valence electrons. The second kappa shape index (κ2) is 7.13. The minimum atomic E-state index is -0.0305. The first-order chi connectivity index (χ1) is 9.64. The molecule has 1 fully saturated rings. The first kappa shape index (κ1) is 16.1. The fraction of sp³-hybridized carbons (Fsp3) is 0.625. The van der Waals surface area contributed by atoms with Crippen molar-refractivity contribution in [1.82, 2.24) is 5.32 Å². The van der Waals surface area contributed by atoms with E-state index >= 15 is 0 Å². The predicted molar refractivity (Wildman–Crippen MR) is 85.7 cm³/mol. The number of halogens is 2. The lowest BCUT2D eigenvalue weighted by Gasteiger charge is -2.44. The highest BCUT2D eigenvalue weighted by atomic mass is 35.5. The van der Waals surface area contributed by atoms with E-state index in [9.17, 15) is 5.11 Å². The van der Waals surface area contributed by atoms with Gasteiger partial charge in [0.1, 0.15) is 0 Å². The van der Waals surface area contributed by atoms with E-state index in [0.29, 0.717) is 10.0 Å². The predicted octanol–water partition coefficient (Wildman–Crippen LogP) is 4.02. The average molecular weight is 316 g/mol. The molecule has 20 heavy (non-hydrogen) atoms. The van der Waals surface area contributed by atoms with Gasteiger partial charge in [-0.2, -0.15) is 0 Å². The van der Waals surface area contributed by atoms with Crippen molar-refractivity contribution in [2.45, 2.75) is 38.0 Å². The van der Waals surface area contributed by atoms with E-state index in [0.717, 1.165) is 25.9 Å². The molecule has 2 rings (SSSR count). The van der Waals surface area contributed by atoms with Crippen molar-refractivity contribution in [2.24, 2.45) is 5.92 Å². The standard InChI is InChI=1S/C16H23Cl2NO/c1-2-19-11-16(8-4-3-5-13(16)10-20)12-6-7-14(17)15(18)9-12/h6-7,9,13,19-20H,2-5,8,10-11H2,1H3/t13-,16+/m0/s1. The molecule has 0 saturated heterocycles. The van der Waals surface area contributed by atoms with Crippen LogP contribution in [0.3, 0.4) is 0 Å². The lowest BCUT2D eigenvalue weighted by molar-refractivity contribution is 0.103. The molecular weight excluding hydrogens is 293 g/mol. The van der Waals surface area contributed by atoms with Crippen LogP contribution in [0.5, 0.6) is 0 Å². The normalized spacial score (nSPS) is 26.7. The van der Waals surface area contributed by atoms with E-state index in [4.69, 9.17) is 23.2 Å². The van der Waals surface area contributed by atoms with Gasteiger partial charge in [-0.1, -0.05) is 49.0 Å². The van der Waals surface area contributed by atoms with Crippen molar-refractivity contribution >= 4 is 23.2 Å². The highest BCUT2D eigenvalue weighted by Crippen LogP contribution is 2.44. The Labute approximate surface area is 131 Å². The van der Waals surface area contributed by atoms with Gasteiger partial charge in [-0.05, 0) is 43.0 Å². The molecule has 0 heterocycles. The number of likely N-dealkylation sites (N-methyl/N-ethyl adjacent to an activating group) is 1. The Hall–Kier alpha value is -0.280. The van der Waals surface area contributed by atoms with Crippen molar-refractivity contribution in [3.05, 3.63) is 33.8 Å². The Balaban J connectivity index is 2.40. The summed E-state index contributed by atoms with van der Waals surface area (Å²) in [6.45, 7) is 4.15. The van der Waals surface area contributed by atoms with Crippen LogP contribution in [0.15, 0.2) is 18.2 Å². The molecule has 2 N–H and O–H groups in total. The van der Waals surface area contributed by atoms with Crippen LogP contribution in [0.2, 0.25) is 10.0 Å². The lowest BCUT2D eigenvalue weighted by atomic mass is 9.62. The second-order valence-corrected chi connectivity index (χ2v) is 6.51. The minimum absolute atomic E-state index is 0.0305. The summed E-state index contributed by atoms with van der Waals surface area (Å²) in [5.74, 6) is 0.285. The largest absolute Gasteiger partial charge is 0.396 e. The molecule has 1 aromatic rings. The van der Waals surface area contributed by atoms with Gasteiger partial charge in [0.2, 0.25) is 0 Å². The van der Waals surface area contributed by atoms with Crippen LogP contribution in [0, 0.1) is 5.92 Å². The van der Waals surface area contributed by atoms with Crippen molar-refractivity contribution in [3.8, 4) is 0 Å². The van der Waals surface area contributed by atoms with Gasteiger partial charge >= 0.3 is 0 Å². The molecule has 4 heteroatoms. The monoisotopic (exact) mass is 315 g/mol. The quantitative estimate of drug-likeness (QED) is 0.860. The van der Waals surface area contributed by atoms with E-state index in [-0.39, 0.29) is 17.9 Å². The highest BCUT2D eigenvalue weighted by Gasteiger charge is 2.41. The number of aliphatic hydroxyl groups is 1. The summed E-state index contributed by atoms with van der Waals surface area (Å²) < 4.78 is 0. The van der Waals surface area contributed by atoms with E-state index < -0.39 is 0 Å². The zero-order valence-electron chi connectivity index (χ0n) is 12.0. The summed E-state index contributed by atoms with van der Waals surface area (Å²) in [6.07, 6.45) is 4.55. The first-order valence-corrected chi connectivity index (χ1v) is 8.16. The van der Waals surface area contributed by atoms with Crippen LogP contribution >= 0.6 is 23.2 Å². The molecule has 1 saturated carbocycles. The van der Waals surface area contributed by atoms with E-state index in [2.05, 4.69) is 18.3 Å². The molecule has 0 radical (unpaired) electrons. The number of nitrogens with one attached hydrogen (secondary N) is 1. The second-order valence-electron chi connectivity index (χ2n) is 5.69. The zero-order valence-corrected chi connectivity index (χ0v) is 13.5. The summed E-state index contributed by atoms with van der Waals surface area (Å²) in [5, 5.41) is 14.5. The molecule has 0 unspecified atom stereocenters. The van der Waals surface area contributed by atoms with Crippen LogP contribution in [-0.4, -0.2) is 24.8 Å². The van der Waals surface area contributed by atoms with Gasteiger partial charge < -0.3 is 10.4 Å².